The molecule has 2 unspecified atom stereocenters. The van der Waals surface area contributed by atoms with Gasteiger partial charge in [-0.2, -0.15) is 13.2 Å². The van der Waals surface area contributed by atoms with E-state index in [1.54, 1.807) is 0 Å². The summed E-state index contributed by atoms with van der Waals surface area (Å²) < 4.78 is 42.2. The Bertz CT molecular complexity index is 518. The quantitative estimate of drug-likeness (QED) is 0.925. The Labute approximate surface area is 112 Å². The highest BCUT2D eigenvalue weighted by Crippen LogP contribution is 2.34. The summed E-state index contributed by atoms with van der Waals surface area (Å²) in [6.07, 6.45) is -2.39. The van der Waals surface area contributed by atoms with Gasteiger partial charge in [0.15, 0.2) is 0 Å². The number of hydrazine groups is 1. The van der Waals surface area contributed by atoms with Gasteiger partial charge in [0.25, 0.3) is 0 Å². The molecule has 0 radical (unpaired) electrons. The number of aromatic nitrogens is 1. The summed E-state index contributed by atoms with van der Waals surface area (Å²) in [4.78, 5) is 15.2. The third-order valence-electron chi connectivity index (χ3n) is 3.54. The van der Waals surface area contributed by atoms with Crippen LogP contribution in [0.5, 0.6) is 0 Å². The van der Waals surface area contributed by atoms with Gasteiger partial charge in [-0.15, -0.1) is 0 Å². The summed E-state index contributed by atoms with van der Waals surface area (Å²) in [6.45, 7) is 0.177. The highest BCUT2D eigenvalue weighted by atomic mass is 19.4. The van der Waals surface area contributed by atoms with E-state index in [-0.39, 0.29) is 18.7 Å². The van der Waals surface area contributed by atoms with E-state index in [0.717, 1.165) is 25.1 Å². The maximum Gasteiger partial charge on any atom is 0.425 e. The molecule has 1 saturated carbocycles. The van der Waals surface area contributed by atoms with Gasteiger partial charge < -0.3 is 4.74 Å². The van der Waals surface area contributed by atoms with Crippen molar-refractivity contribution in [3.63, 3.8) is 0 Å². The Hall–Kier alpha value is -1.83. The van der Waals surface area contributed by atoms with Crippen LogP contribution in [0.1, 0.15) is 24.1 Å². The molecule has 8 heteroatoms. The Morgan fingerprint density at radius 3 is 2.70 bits per heavy atom. The summed E-state index contributed by atoms with van der Waals surface area (Å²) in [7, 11) is 0. The Morgan fingerprint density at radius 2 is 2.20 bits per heavy atom. The Morgan fingerprint density at radius 1 is 1.40 bits per heavy atom. The van der Waals surface area contributed by atoms with Crippen molar-refractivity contribution in [2.24, 2.45) is 0 Å². The van der Waals surface area contributed by atoms with Crippen molar-refractivity contribution in [2.45, 2.75) is 37.7 Å². The monoisotopic (exact) mass is 287 g/mol. The molecule has 1 aliphatic carbocycles. The second kappa shape index (κ2) is 4.62. The minimum absolute atomic E-state index is 0.0250. The number of halogens is 3. The lowest BCUT2D eigenvalue weighted by molar-refractivity contribution is -0.137. The van der Waals surface area contributed by atoms with Gasteiger partial charge >= 0.3 is 12.3 Å². The Balaban J connectivity index is 1.60. The van der Waals surface area contributed by atoms with Crippen molar-refractivity contribution in [3.8, 4) is 0 Å². The average Bonchev–Trinajstić information content (AvgIpc) is 2.58. The fraction of sp³-hybridized carbons (Fsp3) is 0.500. The molecule has 2 fully saturated rings. The molecule has 20 heavy (non-hydrogen) atoms. The minimum atomic E-state index is -4.39. The first-order valence-electron chi connectivity index (χ1n) is 6.20. The molecular formula is C12H12F3N3O2. The number of nitrogens with one attached hydrogen (secondary N) is 1. The number of carbonyl (C=O) groups excluding carboxylic acids is 1. The van der Waals surface area contributed by atoms with Crippen LogP contribution in [0.4, 0.5) is 18.0 Å². The molecule has 1 aromatic rings. The number of hydrogen-bond donors (Lipinski definition) is 1. The molecule has 0 aromatic carbocycles. The van der Waals surface area contributed by atoms with Crippen LogP contribution in [0.25, 0.3) is 0 Å². The largest absolute Gasteiger partial charge is 0.443 e. The summed E-state index contributed by atoms with van der Waals surface area (Å²) in [5, 5.41) is 1.40. The smallest absolute Gasteiger partial charge is 0.425 e. The third-order valence-corrected chi connectivity index (χ3v) is 3.54. The number of ether oxygens (including phenoxy) is 1. The molecule has 0 spiro atoms. The van der Waals surface area contributed by atoms with Crippen molar-refractivity contribution >= 4 is 6.09 Å². The summed E-state index contributed by atoms with van der Waals surface area (Å²) in [6, 6.07) is 2.28. The van der Waals surface area contributed by atoms with E-state index < -0.39 is 17.8 Å². The highest BCUT2D eigenvalue weighted by molar-refractivity contribution is 5.70. The highest BCUT2D eigenvalue weighted by Gasteiger charge is 2.48. The van der Waals surface area contributed by atoms with E-state index in [2.05, 4.69) is 10.4 Å². The number of hydrogen-bond acceptors (Lipinski definition) is 4. The predicted molar refractivity (Wildman–Crippen MR) is 61.2 cm³/mol. The van der Waals surface area contributed by atoms with Gasteiger partial charge in [0.05, 0.1) is 23.8 Å². The van der Waals surface area contributed by atoms with Crippen LogP contribution in [0.3, 0.4) is 0 Å². The number of nitrogens with zero attached hydrogens (tertiary/aromatic N) is 2. The van der Waals surface area contributed by atoms with Crippen LogP contribution in [0, 0.1) is 0 Å². The lowest BCUT2D eigenvalue weighted by atomic mass is 9.90. The van der Waals surface area contributed by atoms with Gasteiger partial charge in [-0.25, -0.2) is 15.2 Å². The van der Waals surface area contributed by atoms with Gasteiger partial charge in [-0.05, 0) is 25.0 Å². The number of rotatable bonds is 3. The molecular weight excluding hydrogens is 275 g/mol. The number of alkyl halides is 3. The zero-order valence-electron chi connectivity index (χ0n) is 10.4. The van der Waals surface area contributed by atoms with Gasteiger partial charge in [-0.3, -0.25) is 4.98 Å². The minimum Gasteiger partial charge on any atom is -0.443 e. The first kappa shape index (κ1) is 13.2. The molecule has 2 aliphatic rings. The van der Waals surface area contributed by atoms with Crippen LogP contribution < -0.4 is 5.43 Å². The molecule has 3 rings (SSSR count). The van der Waals surface area contributed by atoms with E-state index in [1.807, 2.05) is 0 Å². The molecule has 1 amide bonds. The van der Waals surface area contributed by atoms with Crippen LogP contribution in [0.15, 0.2) is 18.3 Å². The molecule has 5 nitrogen and oxygen atoms in total. The van der Waals surface area contributed by atoms with Crippen molar-refractivity contribution in [2.75, 3.05) is 0 Å². The molecule has 108 valence electrons. The Kier molecular flexibility index (Phi) is 3.04. The summed E-state index contributed by atoms with van der Waals surface area (Å²) in [5.74, 6) is 0. The number of carbonyl (C=O) groups is 1. The maximum absolute atomic E-state index is 12.4. The lowest BCUT2D eigenvalue weighted by Gasteiger charge is -2.31. The average molecular weight is 287 g/mol. The molecule has 1 aromatic heterocycles. The number of amides is 1. The first-order chi connectivity index (χ1) is 9.45. The van der Waals surface area contributed by atoms with E-state index >= 15 is 0 Å². The van der Waals surface area contributed by atoms with E-state index in [9.17, 15) is 18.0 Å². The van der Waals surface area contributed by atoms with Gasteiger partial charge in [0, 0.05) is 6.20 Å². The normalized spacial score (nSPS) is 25.1. The van der Waals surface area contributed by atoms with Gasteiger partial charge in [0.2, 0.25) is 0 Å². The van der Waals surface area contributed by atoms with Crippen LogP contribution in [-0.2, 0) is 17.5 Å². The second-order valence-corrected chi connectivity index (χ2v) is 4.81. The fourth-order valence-electron chi connectivity index (χ4n) is 2.25. The van der Waals surface area contributed by atoms with Crippen molar-refractivity contribution in [3.05, 3.63) is 29.6 Å². The van der Waals surface area contributed by atoms with E-state index in [1.165, 1.54) is 11.1 Å². The summed E-state index contributed by atoms with van der Waals surface area (Å²) >= 11 is 0. The molecule has 1 saturated heterocycles. The first-order valence-corrected chi connectivity index (χ1v) is 6.20. The zero-order valence-corrected chi connectivity index (χ0v) is 10.4. The van der Waals surface area contributed by atoms with Crippen molar-refractivity contribution in [1.29, 1.82) is 0 Å². The van der Waals surface area contributed by atoms with E-state index in [4.69, 9.17) is 4.74 Å². The zero-order chi connectivity index (χ0) is 14.3. The molecule has 0 bridgehead atoms. The SMILES string of the molecule is O=C1OC2CCC2N1NCc1ccc(C(F)(F)F)cn1. The van der Waals surface area contributed by atoms with Crippen molar-refractivity contribution in [1.82, 2.24) is 15.4 Å². The van der Waals surface area contributed by atoms with Crippen LogP contribution in [-0.4, -0.2) is 28.2 Å². The lowest BCUT2D eigenvalue weighted by Crippen LogP contribution is -2.50. The van der Waals surface area contributed by atoms with Crippen LogP contribution in [0.2, 0.25) is 0 Å². The third kappa shape index (κ3) is 2.31. The molecule has 1 aliphatic heterocycles. The molecule has 1 N–H and O–H groups in total. The van der Waals surface area contributed by atoms with E-state index in [0.29, 0.717) is 5.69 Å². The standard InChI is InChI=1S/C12H12F3N3O2/c13-12(14,15)7-1-2-8(16-5-7)6-17-18-9-3-4-10(9)20-11(18)19/h1-2,5,9-10,17H,3-4,6H2. The fourth-order valence-corrected chi connectivity index (χ4v) is 2.25. The predicted octanol–water partition coefficient (Wildman–Crippen LogP) is 2.09. The van der Waals surface area contributed by atoms with Gasteiger partial charge in [0.1, 0.15) is 6.10 Å². The molecule has 2 heterocycles. The number of fused-ring (bicyclic) bond motifs is 1. The van der Waals surface area contributed by atoms with Crippen LogP contribution >= 0.6 is 0 Å². The maximum atomic E-state index is 12.4. The summed E-state index contributed by atoms with van der Waals surface area (Å²) in [5.41, 5.74) is 2.49. The second-order valence-electron chi connectivity index (χ2n) is 4.81. The number of pyridine rings is 1. The molecule has 2 atom stereocenters. The van der Waals surface area contributed by atoms with Gasteiger partial charge in [-0.1, -0.05) is 0 Å². The topological polar surface area (TPSA) is 54.5 Å². The van der Waals surface area contributed by atoms with Crippen molar-refractivity contribution < 1.29 is 22.7 Å².